The van der Waals surface area contributed by atoms with E-state index in [1.54, 1.807) is 18.4 Å². The standard InChI is InChI=1S/C18H19N3OS/c1-22-15-7-8-16-17(13-15)23-18(19-16)21-11-9-20(10-12-21)14-5-3-2-4-6-14/h2-8,13H,9-12H2,1H3. The molecule has 1 fully saturated rings. The predicted molar refractivity (Wildman–Crippen MR) is 97.0 cm³/mol. The zero-order valence-corrected chi connectivity index (χ0v) is 13.9. The fourth-order valence-electron chi connectivity index (χ4n) is 2.95. The highest BCUT2D eigenvalue weighted by Gasteiger charge is 2.20. The Morgan fingerprint density at radius 3 is 2.43 bits per heavy atom. The third-order valence-corrected chi connectivity index (χ3v) is 5.33. The first-order chi connectivity index (χ1) is 11.3. The highest BCUT2D eigenvalue weighted by Crippen LogP contribution is 2.32. The molecule has 0 atom stereocenters. The Morgan fingerprint density at radius 2 is 1.70 bits per heavy atom. The Kier molecular flexibility index (Phi) is 3.79. The Bertz CT molecular complexity index is 794. The lowest BCUT2D eigenvalue weighted by molar-refractivity contribution is 0.415. The molecule has 4 nitrogen and oxygen atoms in total. The summed E-state index contributed by atoms with van der Waals surface area (Å²) in [7, 11) is 1.70. The number of para-hydroxylation sites is 1. The first kappa shape index (κ1) is 14.3. The van der Waals surface area contributed by atoms with Crippen molar-refractivity contribution in [1.29, 1.82) is 0 Å². The summed E-state index contributed by atoms with van der Waals surface area (Å²) in [5.41, 5.74) is 2.36. The molecule has 4 rings (SSSR count). The van der Waals surface area contributed by atoms with Crippen molar-refractivity contribution >= 4 is 32.4 Å². The summed E-state index contributed by atoms with van der Waals surface area (Å²) in [4.78, 5) is 9.60. The average Bonchev–Trinajstić information content (AvgIpc) is 3.05. The molecule has 1 aliphatic heterocycles. The van der Waals surface area contributed by atoms with Crippen LogP contribution < -0.4 is 14.5 Å². The van der Waals surface area contributed by atoms with E-state index in [1.807, 2.05) is 12.1 Å². The largest absolute Gasteiger partial charge is 0.497 e. The Balaban J connectivity index is 1.50. The van der Waals surface area contributed by atoms with Gasteiger partial charge in [-0.2, -0.15) is 0 Å². The van der Waals surface area contributed by atoms with Crippen molar-refractivity contribution in [3.05, 3.63) is 48.5 Å². The van der Waals surface area contributed by atoms with Gasteiger partial charge in [0.1, 0.15) is 5.75 Å². The van der Waals surface area contributed by atoms with Gasteiger partial charge in [0.05, 0.1) is 17.3 Å². The minimum atomic E-state index is 0.890. The van der Waals surface area contributed by atoms with Crippen molar-refractivity contribution in [1.82, 2.24) is 4.98 Å². The van der Waals surface area contributed by atoms with E-state index in [1.165, 1.54) is 10.4 Å². The summed E-state index contributed by atoms with van der Waals surface area (Å²) in [5.74, 6) is 0.890. The molecule has 23 heavy (non-hydrogen) atoms. The van der Waals surface area contributed by atoms with Gasteiger partial charge in [0.25, 0.3) is 0 Å². The first-order valence-corrected chi connectivity index (χ1v) is 8.65. The quantitative estimate of drug-likeness (QED) is 0.735. The number of hydrogen-bond donors (Lipinski definition) is 0. The molecular weight excluding hydrogens is 306 g/mol. The van der Waals surface area contributed by atoms with E-state index >= 15 is 0 Å². The lowest BCUT2D eigenvalue weighted by Gasteiger charge is -2.35. The van der Waals surface area contributed by atoms with Gasteiger partial charge >= 0.3 is 0 Å². The van der Waals surface area contributed by atoms with E-state index in [2.05, 4.69) is 46.2 Å². The van der Waals surface area contributed by atoms with E-state index < -0.39 is 0 Å². The normalized spacial score (nSPS) is 15.2. The van der Waals surface area contributed by atoms with E-state index in [0.29, 0.717) is 0 Å². The maximum atomic E-state index is 5.30. The summed E-state index contributed by atoms with van der Waals surface area (Å²) >= 11 is 1.75. The smallest absolute Gasteiger partial charge is 0.186 e. The summed E-state index contributed by atoms with van der Waals surface area (Å²) in [5, 5.41) is 1.11. The van der Waals surface area contributed by atoms with Crippen LogP contribution in [0.1, 0.15) is 0 Å². The van der Waals surface area contributed by atoms with Crippen molar-refractivity contribution in [2.75, 3.05) is 43.1 Å². The van der Waals surface area contributed by atoms with Gasteiger partial charge in [0.2, 0.25) is 0 Å². The first-order valence-electron chi connectivity index (χ1n) is 7.83. The predicted octanol–water partition coefficient (Wildman–Crippen LogP) is 3.63. The van der Waals surface area contributed by atoms with Crippen LogP contribution in [-0.4, -0.2) is 38.3 Å². The fraction of sp³-hybridized carbons (Fsp3) is 0.278. The molecule has 118 valence electrons. The highest BCUT2D eigenvalue weighted by atomic mass is 32.1. The van der Waals surface area contributed by atoms with Crippen molar-refractivity contribution in [3.8, 4) is 5.75 Å². The number of aromatic nitrogens is 1. The van der Waals surface area contributed by atoms with Crippen molar-refractivity contribution in [2.24, 2.45) is 0 Å². The van der Waals surface area contributed by atoms with Gasteiger partial charge in [0, 0.05) is 31.9 Å². The molecule has 5 heteroatoms. The molecule has 0 amide bonds. The van der Waals surface area contributed by atoms with Gasteiger partial charge in [0.15, 0.2) is 5.13 Å². The highest BCUT2D eigenvalue weighted by molar-refractivity contribution is 7.22. The van der Waals surface area contributed by atoms with Crippen LogP contribution >= 0.6 is 11.3 Å². The van der Waals surface area contributed by atoms with E-state index in [4.69, 9.17) is 9.72 Å². The number of methoxy groups -OCH3 is 1. The topological polar surface area (TPSA) is 28.6 Å². The lowest BCUT2D eigenvalue weighted by Crippen LogP contribution is -2.46. The number of ether oxygens (including phenoxy) is 1. The van der Waals surface area contributed by atoms with Crippen LogP contribution in [0.15, 0.2) is 48.5 Å². The van der Waals surface area contributed by atoms with Gasteiger partial charge in [-0.25, -0.2) is 4.98 Å². The summed E-state index contributed by atoms with van der Waals surface area (Å²) < 4.78 is 6.48. The molecule has 2 heterocycles. The molecule has 0 aliphatic carbocycles. The molecule has 0 saturated carbocycles. The SMILES string of the molecule is COc1ccc2nc(N3CCN(c4ccccc4)CC3)sc2c1. The number of nitrogens with zero attached hydrogens (tertiary/aromatic N) is 3. The molecule has 0 bridgehead atoms. The molecule has 0 radical (unpaired) electrons. The molecule has 1 aromatic heterocycles. The number of thiazole rings is 1. The van der Waals surface area contributed by atoms with Crippen LogP contribution in [-0.2, 0) is 0 Å². The van der Waals surface area contributed by atoms with E-state index in [9.17, 15) is 0 Å². The minimum Gasteiger partial charge on any atom is -0.497 e. The van der Waals surface area contributed by atoms with Crippen LogP contribution in [0.5, 0.6) is 5.75 Å². The third kappa shape index (κ3) is 2.84. The molecule has 0 N–H and O–H groups in total. The molecule has 1 aliphatic rings. The van der Waals surface area contributed by atoms with Gasteiger partial charge in [-0.05, 0) is 30.3 Å². The van der Waals surface area contributed by atoms with Crippen LogP contribution in [0, 0.1) is 0 Å². The van der Waals surface area contributed by atoms with E-state index in [-0.39, 0.29) is 0 Å². The van der Waals surface area contributed by atoms with Crippen LogP contribution in [0.3, 0.4) is 0 Å². The number of hydrogen-bond acceptors (Lipinski definition) is 5. The van der Waals surface area contributed by atoms with Crippen LogP contribution in [0.2, 0.25) is 0 Å². The van der Waals surface area contributed by atoms with Crippen LogP contribution in [0.25, 0.3) is 10.2 Å². The minimum absolute atomic E-state index is 0.890. The Morgan fingerprint density at radius 1 is 0.957 bits per heavy atom. The zero-order valence-electron chi connectivity index (χ0n) is 13.1. The molecule has 0 spiro atoms. The maximum absolute atomic E-state index is 5.30. The summed E-state index contributed by atoms with van der Waals surface area (Å²) in [6.07, 6.45) is 0. The van der Waals surface area contributed by atoms with Gasteiger partial charge in [-0.1, -0.05) is 29.5 Å². The molecule has 2 aromatic carbocycles. The monoisotopic (exact) mass is 325 g/mol. The lowest BCUT2D eigenvalue weighted by atomic mass is 10.2. The zero-order chi connectivity index (χ0) is 15.6. The number of piperazine rings is 1. The maximum Gasteiger partial charge on any atom is 0.186 e. The number of fused-ring (bicyclic) bond motifs is 1. The van der Waals surface area contributed by atoms with E-state index in [0.717, 1.165) is 42.6 Å². The second kappa shape index (κ2) is 6.08. The molecular formula is C18H19N3OS. The fourth-order valence-corrected chi connectivity index (χ4v) is 4.00. The van der Waals surface area contributed by atoms with Crippen LogP contribution in [0.4, 0.5) is 10.8 Å². The Hall–Kier alpha value is -2.27. The number of anilines is 2. The third-order valence-electron chi connectivity index (χ3n) is 4.26. The average molecular weight is 325 g/mol. The second-order valence-corrected chi connectivity index (χ2v) is 6.65. The number of rotatable bonds is 3. The Labute approximate surface area is 139 Å². The molecule has 3 aromatic rings. The van der Waals surface area contributed by atoms with Crippen molar-refractivity contribution < 1.29 is 4.74 Å². The summed E-state index contributed by atoms with van der Waals surface area (Å²) in [6.45, 7) is 4.07. The summed E-state index contributed by atoms with van der Waals surface area (Å²) in [6, 6.07) is 16.7. The molecule has 1 saturated heterocycles. The van der Waals surface area contributed by atoms with Crippen molar-refractivity contribution in [3.63, 3.8) is 0 Å². The number of benzene rings is 2. The van der Waals surface area contributed by atoms with Gasteiger partial charge in [-0.15, -0.1) is 0 Å². The van der Waals surface area contributed by atoms with Crippen molar-refractivity contribution in [2.45, 2.75) is 0 Å². The second-order valence-electron chi connectivity index (χ2n) is 5.64. The molecule has 0 unspecified atom stereocenters. The van der Waals surface area contributed by atoms with Gasteiger partial charge < -0.3 is 14.5 Å². The van der Waals surface area contributed by atoms with Gasteiger partial charge in [-0.3, -0.25) is 0 Å².